The summed E-state index contributed by atoms with van der Waals surface area (Å²) in [5.41, 5.74) is 1.90. The van der Waals surface area contributed by atoms with E-state index in [1.165, 1.54) is 0 Å². The van der Waals surface area contributed by atoms with Crippen LogP contribution in [0.5, 0.6) is 0 Å². The first-order valence-corrected chi connectivity index (χ1v) is 15.3. The minimum absolute atomic E-state index is 0.230. The average Bonchev–Trinajstić information content (AvgIpc) is 3.02. The van der Waals surface area contributed by atoms with Gasteiger partial charge in [-0.3, -0.25) is 24.0 Å². The number of nitrogens with one attached hydrogen (secondary N) is 2. The van der Waals surface area contributed by atoms with E-state index >= 15 is 0 Å². The Morgan fingerprint density at radius 1 is 0.568 bits per heavy atom. The van der Waals surface area contributed by atoms with Gasteiger partial charge in [-0.1, -0.05) is 86.3 Å². The largest absolute Gasteiger partial charge is 0.461 e. The van der Waals surface area contributed by atoms with Gasteiger partial charge in [0.25, 0.3) is 0 Å². The van der Waals surface area contributed by atoms with Crippen LogP contribution in [0.4, 0.5) is 4.79 Å². The molecule has 0 unspecified atom stereocenters. The van der Waals surface area contributed by atoms with Gasteiger partial charge in [0.1, 0.15) is 13.2 Å². The van der Waals surface area contributed by atoms with Gasteiger partial charge in [0.05, 0.1) is 13.1 Å². The number of rotatable bonds is 22. The Hall–Kier alpha value is -4.15. The summed E-state index contributed by atoms with van der Waals surface area (Å²) in [6, 6.07) is 19.0. The van der Waals surface area contributed by atoms with Crippen molar-refractivity contribution < 1.29 is 33.4 Å². The zero-order chi connectivity index (χ0) is 31.8. The molecule has 0 saturated carbocycles. The number of amides is 3. The van der Waals surface area contributed by atoms with Crippen molar-refractivity contribution in [3.8, 4) is 0 Å². The number of unbranched alkanes of at least 4 members (excludes halogenated alkanes) is 6. The topological polar surface area (TPSA) is 131 Å². The maximum Gasteiger partial charge on any atom is 0.306 e. The second-order valence-electron chi connectivity index (χ2n) is 10.5. The standard InChI is InChI=1S/C33H44BN3O7/c34-33(42)37(23-29(38)35-21-13-3-1-11-19-31(40)43-25-27-15-7-5-8-16-27)24-30(39)36-22-14-4-2-12-20-32(41)44-26-28-17-9-6-10-18-28/h5-10,15-18H,1-4,11-14,19-26H2,(H,35,38)(H,36,39). The highest BCUT2D eigenvalue weighted by atomic mass is 16.5. The number of ether oxygens (including phenoxy) is 2. The fourth-order valence-electron chi connectivity index (χ4n) is 4.24. The Bertz CT molecular complexity index is 1070. The third-order valence-corrected chi connectivity index (χ3v) is 6.73. The van der Waals surface area contributed by atoms with E-state index in [0.717, 1.165) is 54.6 Å². The lowest BCUT2D eigenvalue weighted by Crippen LogP contribution is -2.45. The highest BCUT2D eigenvalue weighted by Crippen LogP contribution is 2.08. The molecule has 0 fully saturated rings. The zero-order valence-corrected chi connectivity index (χ0v) is 25.5. The summed E-state index contributed by atoms with van der Waals surface area (Å²) >= 11 is 0. The van der Waals surface area contributed by atoms with Crippen LogP contribution in [0.15, 0.2) is 60.7 Å². The molecule has 0 aliphatic carbocycles. The van der Waals surface area contributed by atoms with Crippen LogP contribution in [0.1, 0.15) is 75.3 Å². The molecule has 2 rings (SSSR count). The number of benzene rings is 2. The van der Waals surface area contributed by atoms with Gasteiger partial charge in [0, 0.05) is 25.9 Å². The molecule has 44 heavy (non-hydrogen) atoms. The van der Waals surface area contributed by atoms with E-state index in [9.17, 15) is 24.0 Å². The second kappa shape index (κ2) is 22.4. The van der Waals surface area contributed by atoms with Crippen molar-refractivity contribution in [1.82, 2.24) is 15.5 Å². The quantitative estimate of drug-likeness (QED) is 0.117. The molecule has 11 heteroatoms. The molecule has 236 valence electrons. The predicted octanol–water partition coefficient (Wildman–Crippen LogP) is 4.20. The van der Waals surface area contributed by atoms with Crippen molar-refractivity contribution in [2.45, 2.75) is 77.4 Å². The molecule has 0 saturated heterocycles. The fraction of sp³-hybridized carbons (Fsp3) is 0.485. The first-order valence-electron chi connectivity index (χ1n) is 15.3. The van der Waals surface area contributed by atoms with Crippen LogP contribution in [0.2, 0.25) is 0 Å². The zero-order valence-electron chi connectivity index (χ0n) is 25.5. The summed E-state index contributed by atoms with van der Waals surface area (Å²) in [6.45, 7) is 0.758. The smallest absolute Gasteiger partial charge is 0.306 e. The van der Waals surface area contributed by atoms with E-state index in [4.69, 9.17) is 17.3 Å². The van der Waals surface area contributed by atoms with Crippen molar-refractivity contribution in [2.75, 3.05) is 26.2 Å². The number of carbonyl (C=O) groups is 5. The maximum atomic E-state index is 12.2. The SMILES string of the molecule is [B]C(=O)N(CC(=O)NCCCCCCC(=O)OCc1ccccc1)CC(=O)NCCCCCCC(=O)OCc1ccccc1. The summed E-state index contributed by atoms with van der Waals surface area (Å²) in [5, 5.41) is 5.46. The van der Waals surface area contributed by atoms with Gasteiger partial charge in [0.15, 0.2) is 5.81 Å². The summed E-state index contributed by atoms with van der Waals surface area (Å²) < 4.78 is 10.5. The second-order valence-corrected chi connectivity index (χ2v) is 10.5. The lowest BCUT2D eigenvalue weighted by atomic mass is 10.1. The predicted molar refractivity (Wildman–Crippen MR) is 167 cm³/mol. The van der Waals surface area contributed by atoms with Gasteiger partial charge in [-0.05, 0) is 36.8 Å². The molecule has 2 aromatic rings. The van der Waals surface area contributed by atoms with Gasteiger partial charge in [0.2, 0.25) is 19.7 Å². The Morgan fingerprint density at radius 3 is 1.34 bits per heavy atom. The molecule has 3 amide bonds. The Balaban J connectivity index is 1.45. The third kappa shape index (κ3) is 17.7. The number of carbonyl (C=O) groups excluding carboxylic acids is 5. The van der Waals surface area contributed by atoms with E-state index in [1.807, 2.05) is 60.7 Å². The number of hydrogen-bond donors (Lipinski definition) is 2. The first-order chi connectivity index (χ1) is 21.3. The molecular formula is C33H44BN3O7. The number of esters is 2. The van der Waals surface area contributed by atoms with E-state index in [1.54, 1.807) is 0 Å². The molecule has 2 N–H and O–H groups in total. The van der Waals surface area contributed by atoms with E-state index in [-0.39, 0.29) is 38.2 Å². The Labute approximate surface area is 261 Å². The normalized spacial score (nSPS) is 10.5. The first kappa shape index (κ1) is 36.0. The number of nitrogens with zero attached hydrogens (tertiary/aromatic N) is 1. The van der Waals surface area contributed by atoms with Crippen molar-refractivity contribution in [3.05, 3.63) is 71.8 Å². The molecule has 0 heterocycles. The molecule has 0 aromatic heterocycles. The van der Waals surface area contributed by atoms with Crippen molar-refractivity contribution in [1.29, 1.82) is 0 Å². The molecule has 2 aromatic carbocycles. The summed E-state index contributed by atoms with van der Waals surface area (Å²) in [5.74, 6) is -2.11. The molecule has 0 aliphatic rings. The molecule has 0 atom stereocenters. The Kier molecular flexibility index (Phi) is 18.4. The lowest BCUT2D eigenvalue weighted by Gasteiger charge is -2.20. The lowest BCUT2D eigenvalue weighted by molar-refractivity contribution is -0.146. The van der Waals surface area contributed by atoms with Gasteiger partial charge in [-0.2, -0.15) is 0 Å². The summed E-state index contributed by atoms with van der Waals surface area (Å²) in [4.78, 5) is 60.9. The van der Waals surface area contributed by atoms with Crippen molar-refractivity contribution >= 4 is 37.4 Å². The van der Waals surface area contributed by atoms with Crippen LogP contribution < -0.4 is 10.6 Å². The highest BCUT2D eigenvalue weighted by Gasteiger charge is 2.16. The number of hydrogen-bond acceptors (Lipinski definition) is 7. The maximum absolute atomic E-state index is 12.2. The van der Waals surface area contributed by atoms with Crippen LogP contribution in [0, 0.1) is 0 Å². The van der Waals surface area contributed by atoms with Crippen LogP contribution in [-0.2, 0) is 41.9 Å². The van der Waals surface area contributed by atoms with Crippen LogP contribution in [-0.4, -0.2) is 68.5 Å². The molecule has 0 aliphatic heterocycles. The molecule has 0 spiro atoms. The molecular weight excluding hydrogens is 561 g/mol. The van der Waals surface area contributed by atoms with E-state index in [2.05, 4.69) is 10.6 Å². The third-order valence-electron chi connectivity index (χ3n) is 6.73. The summed E-state index contributed by atoms with van der Waals surface area (Å²) in [6.07, 6.45) is 6.84. The van der Waals surface area contributed by atoms with Gasteiger partial charge >= 0.3 is 11.9 Å². The van der Waals surface area contributed by atoms with Gasteiger partial charge in [-0.25, -0.2) is 0 Å². The minimum atomic E-state index is -0.853. The van der Waals surface area contributed by atoms with Gasteiger partial charge in [-0.15, -0.1) is 0 Å². The van der Waals surface area contributed by atoms with Crippen LogP contribution in [0.25, 0.3) is 0 Å². The van der Waals surface area contributed by atoms with Crippen LogP contribution >= 0.6 is 0 Å². The molecule has 0 bridgehead atoms. The van der Waals surface area contributed by atoms with Gasteiger partial charge < -0.3 is 25.0 Å². The molecule has 10 nitrogen and oxygen atoms in total. The van der Waals surface area contributed by atoms with Crippen LogP contribution in [0.3, 0.4) is 0 Å². The Morgan fingerprint density at radius 2 is 0.955 bits per heavy atom. The summed E-state index contributed by atoms with van der Waals surface area (Å²) in [7, 11) is 5.36. The van der Waals surface area contributed by atoms with Crippen molar-refractivity contribution in [3.63, 3.8) is 0 Å². The highest BCUT2D eigenvalue weighted by molar-refractivity contribution is 6.57. The monoisotopic (exact) mass is 605 g/mol. The van der Waals surface area contributed by atoms with E-state index in [0.29, 0.717) is 38.8 Å². The minimum Gasteiger partial charge on any atom is -0.461 e. The average molecular weight is 606 g/mol. The molecule has 2 radical (unpaired) electrons. The fourth-order valence-corrected chi connectivity index (χ4v) is 4.24. The van der Waals surface area contributed by atoms with Crippen molar-refractivity contribution in [2.24, 2.45) is 0 Å². The van der Waals surface area contributed by atoms with E-state index < -0.39 is 17.6 Å².